The Balaban J connectivity index is 2.55. The van der Waals surface area contributed by atoms with Gasteiger partial charge in [0.2, 0.25) is 17.2 Å². The number of benzene rings is 1. The number of halogens is 1. The molecule has 0 amide bonds. The molecule has 2 aromatic rings. The predicted molar refractivity (Wildman–Crippen MR) is 99.5 cm³/mol. The zero-order valence-electron chi connectivity index (χ0n) is 14.1. The van der Waals surface area contributed by atoms with Crippen LogP contribution < -0.4 is 10.3 Å². The molecule has 0 unspecified atom stereocenters. The van der Waals surface area contributed by atoms with E-state index in [-0.39, 0.29) is 18.6 Å². The van der Waals surface area contributed by atoms with Crippen molar-refractivity contribution in [2.45, 2.75) is 13.8 Å². The highest BCUT2D eigenvalue weighted by atomic mass is 79.9. The molecular formula is C16H22BrN2O4P. The normalized spacial score (nSPS) is 11.7. The lowest BCUT2D eigenvalue weighted by Crippen LogP contribution is -2.26. The van der Waals surface area contributed by atoms with Gasteiger partial charge in [0.25, 0.3) is 0 Å². The molecule has 0 bridgehead atoms. The fraction of sp³-hybridized carbons (Fsp3) is 0.438. The van der Waals surface area contributed by atoms with Gasteiger partial charge in [-0.15, -0.1) is 0 Å². The van der Waals surface area contributed by atoms with Gasteiger partial charge in [-0.3, -0.25) is 4.57 Å². The molecule has 6 nitrogen and oxygen atoms in total. The van der Waals surface area contributed by atoms with E-state index in [1.165, 1.54) is 0 Å². The van der Waals surface area contributed by atoms with Gasteiger partial charge in [0.15, 0.2) is 0 Å². The van der Waals surface area contributed by atoms with Crippen LogP contribution in [0.15, 0.2) is 34.7 Å². The van der Waals surface area contributed by atoms with Gasteiger partial charge < -0.3 is 18.4 Å². The third-order valence-corrected chi connectivity index (χ3v) is 5.60. The van der Waals surface area contributed by atoms with Crippen LogP contribution in [-0.4, -0.2) is 37.1 Å². The molecule has 0 atom stereocenters. The molecule has 2 rings (SSSR count). The third-order valence-electron chi connectivity index (χ3n) is 3.24. The molecule has 1 aromatic heterocycles. The second-order valence-corrected chi connectivity index (χ2v) is 7.69. The minimum absolute atomic E-state index is 0.216. The molecule has 132 valence electrons. The maximum Gasteiger partial charge on any atom is 0.385 e. The number of oxazole rings is 1. The number of nitrogens with zero attached hydrogens (tertiary/aromatic N) is 2. The van der Waals surface area contributed by atoms with Gasteiger partial charge in [0.05, 0.1) is 13.2 Å². The van der Waals surface area contributed by atoms with Crippen LogP contribution in [0.1, 0.15) is 13.8 Å². The number of hydrogen-bond acceptors (Lipinski definition) is 6. The molecule has 0 fully saturated rings. The Hall–Kier alpha value is -1.14. The average Bonchev–Trinajstić information content (AvgIpc) is 3.02. The maximum atomic E-state index is 13.2. The second-order valence-electron chi connectivity index (χ2n) is 4.96. The highest BCUT2D eigenvalue weighted by Crippen LogP contribution is 2.49. The van der Waals surface area contributed by atoms with E-state index >= 15 is 0 Å². The Labute approximate surface area is 150 Å². The molecule has 0 aliphatic carbocycles. The van der Waals surface area contributed by atoms with Gasteiger partial charge in [0, 0.05) is 24.5 Å². The summed E-state index contributed by atoms with van der Waals surface area (Å²) in [5.74, 6) is 0.792. The molecule has 8 heteroatoms. The number of rotatable bonds is 9. The van der Waals surface area contributed by atoms with Crippen molar-refractivity contribution in [1.29, 1.82) is 0 Å². The van der Waals surface area contributed by atoms with E-state index in [1.807, 2.05) is 42.3 Å². The first kappa shape index (κ1) is 19.2. The Morgan fingerprint density at radius 1 is 1.21 bits per heavy atom. The van der Waals surface area contributed by atoms with E-state index in [2.05, 4.69) is 20.9 Å². The quantitative estimate of drug-likeness (QED) is 0.453. The van der Waals surface area contributed by atoms with Crippen molar-refractivity contribution in [2.24, 2.45) is 0 Å². The van der Waals surface area contributed by atoms with Crippen molar-refractivity contribution in [1.82, 2.24) is 4.98 Å². The standard InChI is InChI=1S/C16H22BrN2O4P/c1-4-21-24(20,22-5-2)15-16(19(3)12-11-17)23-14(18-15)13-9-7-6-8-10-13/h6-10H,4-5,11-12H2,1-3H3. The SMILES string of the molecule is CCOP(=O)(OCC)c1nc(-c2ccccc2)oc1N(C)CCBr. The topological polar surface area (TPSA) is 64.8 Å². The lowest BCUT2D eigenvalue weighted by molar-refractivity contribution is 0.229. The first-order valence-corrected chi connectivity index (χ1v) is 10.4. The molecule has 24 heavy (non-hydrogen) atoms. The fourth-order valence-corrected chi connectivity index (χ4v) is 4.36. The second kappa shape index (κ2) is 8.81. The molecule has 0 saturated carbocycles. The van der Waals surface area contributed by atoms with Crippen LogP contribution in [0.4, 0.5) is 5.88 Å². The third kappa shape index (κ3) is 4.28. The van der Waals surface area contributed by atoms with Crippen molar-refractivity contribution >= 4 is 34.8 Å². The van der Waals surface area contributed by atoms with E-state index in [0.717, 1.165) is 10.9 Å². The Morgan fingerprint density at radius 2 is 1.83 bits per heavy atom. The summed E-state index contributed by atoms with van der Waals surface area (Å²) in [5.41, 5.74) is 1.02. The molecule has 0 aliphatic rings. The zero-order chi connectivity index (χ0) is 17.6. The van der Waals surface area contributed by atoms with Crippen LogP contribution in [0.5, 0.6) is 0 Å². The summed E-state index contributed by atoms with van der Waals surface area (Å²) >= 11 is 3.40. The Morgan fingerprint density at radius 3 is 2.38 bits per heavy atom. The van der Waals surface area contributed by atoms with Crippen molar-refractivity contribution in [2.75, 3.05) is 37.0 Å². The van der Waals surface area contributed by atoms with Gasteiger partial charge >= 0.3 is 7.60 Å². The lowest BCUT2D eigenvalue weighted by atomic mass is 10.2. The van der Waals surface area contributed by atoms with Gasteiger partial charge in [-0.25, -0.2) is 0 Å². The van der Waals surface area contributed by atoms with E-state index in [9.17, 15) is 4.57 Å². The van der Waals surface area contributed by atoms with Gasteiger partial charge in [-0.1, -0.05) is 34.1 Å². The van der Waals surface area contributed by atoms with E-state index in [1.54, 1.807) is 13.8 Å². The Bertz CT molecular complexity index is 683. The maximum absolute atomic E-state index is 13.2. The minimum Gasteiger partial charge on any atom is -0.419 e. The van der Waals surface area contributed by atoms with E-state index in [0.29, 0.717) is 18.3 Å². The molecule has 0 N–H and O–H groups in total. The van der Waals surface area contributed by atoms with Crippen LogP contribution in [0.2, 0.25) is 0 Å². The van der Waals surface area contributed by atoms with Crippen molar-refractivity contribution in [3.05, 3.63) is 30.3 Å². The summed E-state index contributed by atoms with van der Waals surface area (Å²) in [4.78, 5) is 6.30. The fourth-order valence-electron chi connectivity index (χ4n) is 2.16. The van der Waals surface area contributed by atoms with Crippen LogP contribution in [0, 0.1) is 0 Å². The predicted octanol–water partition coefficient (Wildman–Crippen LogP) is 4.06. The average molecular weight is 417 g/mol. The van der Waals surface area contributed by atoms with Crippen LogP contribution in [-0.2, 0) is 13.6 Å². The van der Waals surface area contributed by atoms with Crippen molar-refractivity contribution in [3.8, 4) is 11.5 Å². The molecule has 0 saturated heterocycles. The van der Waals surface area contributed by atoms with Crippen molar-refractivity contribution < 1.29 is 18.0 Å². The van der Waals surface area contributed by atoms with Gasteiger partial charge in [-0.05, 0) is 26.0 Å². The molecule has 0 aliphatic heterocycles. The highest BCUT2D eigenvalue weighted by molar-refractivity contribution is 9.09. The smallest absolute Gasteiger partial charge is 0.385 e. The molecule has 0 radical (unpaired) electrons. The summed E-state index contributed by atoms with van der Waals surface area (Å²) < 4.78 is 30.0. The van der Waals surface area contributed by atoms with E-state index < -0.39 is 7.60 Å². The molecule has 1 aromatic carbocycles. The largest absolute Gasteiger partial charge is 0.419 e. The van der Waals surface area contributed by atoms with Crippen LogP contribution in [0.25, 0.3) is 11.5 Å². The first-order chi connectivity index (χ1) is 11.6. The molecular weight excluding hydrogens is 395 g/mol. The Kier molecular flexibility index (Phi) is 7.04. The van der Waals surface area contributed by atoms with Crippen LogP contribution >= 0.6 is 23.5 Å². The number of anilines is 1. The number of aromatic nitrogens is 1. The summed E-state index contributed by atoms with van der Waals surface area (Å²) in [7, 11) is -1.70. The summed E-state index contributed by atoms with van der Waals surface area (Å²) in [5, 5.41) is 0.734. The lowest BCUT2D eigenvalue weighted by Gasteiger charge is -2.19. The number of alkyl halides is 1. The number of hydrogen-bond donors (Lipinski definition) is 0. The summed E-state index contributed by atoms with van der Waals surface area (Å²) in [6, 6.07) is 9.47. The van der Waals surface area contributed by atoms with E-state index in [4.69, 9.17) is 13.5 Å². The first-order valence-electron chi connectivity index (χ1n) is 7.78. The highest BCUT2D eigenvalue weighted by Gasteiger charge is 2.37. The molecule has 1 heterocycles. The minimum atomic E-state index is -3.55. The zero-order valence-corrected chi connectivity index (χ0v) is 16.5. The van der Waals surface area contributed by atoms with Gasteiger partial charge in [0.1, 0.15) is 0 Å². The summed E-state index contributed by atoms with van der Waals surface area (Å²) in [6.45, 7) is 4.71. The molecule has 0 spiro atoms. The monoisotopic (exact) mass is 416 g/mol. The van der Waals surface area contributed by atoms with Crippen LogP contribution in [0.3, 0.4) is 0 Å². The van der Waals surface area contributed by atoms with Crippen molar-refractivity contribution in [3.63, 3.8) is 0 Å². The summed E-state index contributed by atoms with van der Waals surface area (Å²) in [6.07, 6.45) is 0. The van der Waals surface area contributed by atoms with Gasteiger partial charge in [-0.2, -0.15) is 4.98 Å².